The summed E-state index contributed by atoms with van der Waals surface area (Å²) in [7, 11) is 0. The van der Waals surface area contributed by atoms with Crippen molar-refractivity contribution in [2.45, 2.75) is 32.1 Å². The normalized spacial score (nSPS) is 20.4. The van der Waals surface area contributed by atoms with Crippen LogP contribution in [0, 0.1) is 5.82 Å². The molecule has 1 saturated heterocycles. The van der Waals surface area contributed by atoms with E-state index in [1.807, 2.05) is 6.07 Å². The number of hydrogen-bond donors (Lipinski definition) is 2. The first-order valence-corrected chi connectivity index (χ1v) is 6.81. The Labute approximate surface area is 107 Å². The number of H-pyrrole nitrogens is 1. The molecule has 0 saturated carbocycles. The summed E-state index contributed by atoms with van der Waals surface area (Å²) < 4.78 is 13.8. The minimum atomic E-state index is -0.141. The highest BCUT2D eigenvalue weighted by Crippen LogP contribution is 2.32. The predicted octanol–water partition coefficient (Wildman–Crippen LogP) is 3.34. The number of piperidine rings is 1. The molecule has 1 aliphatic heterocycles. The summed E-state index contributed by atoms with van der Waals surface area (Å²) in [6.07, 6.45) is 3.34. The molecule has 1 aromatic carbocycles. The lowest BCUT2D eigenvalue weighted by Crippen LogP contribution is -2.29. The van der Waals surface area contributed by atoms with Gasteiger partial charge in [0.1, 0.15) is 5.82 Å². The fourth-order valence-electron chi connectivity index (χ4n) is 3.09. The van der Waals surface area contributed by atoms with Gasteiger partial charge in [0.2, 0.25) is 0 Å². The molecule has 0 spiro atoms. The third-order valence-corrected chi connectivity index (χ3v) is 3.98. The van der Waals surface area contributed by atoms with Crippen LogP contribution in [0.3, 0.4) is 0 Å². The van der Waals surface area contributed by atoms with E-state index < -0.39 is 0 Å². The first-order chi connectivity index (χ1) is 8.81. The lowest BCUT2D eigenvalue weighted by atomic mass is 9.92. The number of aromatic nitrogens is 1. The predicted molar refractivity (Wildman–Crippen MR) is 72.5 cm³/mol. The van der Waals surface area contributed by atoms with Crippen molar-refractivity contribution in [3.8, 4) is 0 Å². The molecule has 0 bridgehead atoms. The molecule has 0 aliphatic carbocycles. The second-order valence-electron chi connectivity index (χ2n) is 5.08. The molecule has 2 nitrogen and oxygen atoms in total. The van der Waals surface area contributed by atoms with Crippen molar-refractivity contribution in [2.75, 3.05) is 13.1 Å². The fourth-order valence-corrected chi connectivity index (χ4v) is 3.09. The van der Waals surface area contributed by atoms with Crippen molar-refractivity contribution in [1.29, 1.82) is 0 Å². The summed E-state index contributed by atoms with van der Waals surface area (Å²) in [5.41, 5.74) is 3.21. The van der Waals surface area contributed by atoms with Crippen molar-refractivity contribution >= 4 is 10.9 Å². The maximum absolute atomic E-state index is 13.8. The Morgan fingerprint density at radius 3 is 3.00 bits per heavy atom. The average molecular weight is 246 g/mol. The molecule has 0 amide bonds. The van der Waals surface area contributed by atoms with Crippen LogP contribution >= 0.6 is 0 Å². The number of hydrogen-bond acceptors (Lipinski definition) is 1. The fraction of sp³-hybridized carbons (Fsp3) is 0.467. The van der Waals surface area contributed by atoms with E-state index in [2.05, 4.69) is 17.2 Å². The maximum atomic E-state index is 13.8. The van der Waals surface area contributed by atoms with Crippen LogP contribution in [0.2, 0.25) is 0 Å². The third kappa shape index (κ3) is 1.83. The maximum Gasteiger partial charge on any atom is 0.147 e. The van der Waals surface area contributed by atoms with E-state index in [-0.39, 0.29) is 5.82 Å². The molecular formula is C15H19FN2. The van der Waals surface area contributed by atoms with Crippen LogP contribution in [-0.2, 0) is 6.42 Å². The number of para-hydroxylation sites is 1. The lowest BCUT2D eigenvalue weighted by molar-refractivity contribution is 0.454. The van der Waals surface area contributed by atoms with Gasteiger partial charge in [0.15, 0.2) is 0 Å². The van der Waals surface area contributed by atoms with E-state index in [0.717, 1.165) is 24.9 Å². The van der Waals surface area contributed by atoms with Crippen LogP contribution in [0.25, 0.3) is 10.9 Å². The molecule has 18 heavy (non-hydrogen) atoms. The second kappa shape index (κ2) is 4.73. The van der Waals surface area contributed by atoms with E-state index in [9.17, 15) is 4.39 Å². The van der Waals surface area contributed by atoms with Crippen LogP contribution in [0.15, 0.2) is 18.2 Å². The first kappa shape index (κ1) is 11.7. The summed E-state index contributed by atoms with van der Waals surface area (Å²) in [6, 6.07) is 5.35. The van der Waals surface area contributed by atoms with Gasteiger partial charge >= 0.3 is 0 Å². The Kier molecular flexibility index (Phi) is 3.08. The molecule has 3 rings (SSSR count). The zero-order chi connectivity index (χ0) is 12.5. The van der Waals surface area contributed by atoms with Gasteiger partial charge in [0, 0.05) is 23.5 Å². The van der Waals surface area contributed by atoms with Gasteiger partial charge in [0.25, 0.3) is 0 Å². The zero-order valence-electron chi connectivity index (χ0n) is 10.7. The standard InChI is InChI=1S/C15H19FN2/c1-2-11-12-6-3-7-13(16)15(12)18-14(11)10-5-4-8-17-9-10/h3,6-7,10,17-18H,2,4-5,8-9H2,1H3. The van der Waals surface area contributed by atoms with Crippen molar-refractivity contribution in [1.82, 2.24) is 10.3 Å². The highest BCUT2D eigenvalue weighted by atomic mass is 19.1. The van der Waals surface area contributed by atoms with E-state index >= 15 is 0 Å². The molecule has 2 heterocycles. The number of rotatable bonds is 2. The SMILES string of the molecule is CCc1c(C2CCCNC2)[nH]c2c(F)cccc12. The Morgan fingerprint density at radius 2 is 2.28 bits per heavy atom. The molecule has 1 aromatic heterocycles. The summed E-state index contributed by atoms with van der Waals surface area (Å²) in [5.74, 6) is 0.359. The molecule has 96 valence electrons. The van der Waals surface area contributed by atoms with Crippen molar-refractivity contribution in [2.24, 2.45) is 0 Å². The van der Waals surface area contributed by atoms with Crippen molar-refractivity contribution < 1.29 is 4.39 Å². The highest BCUT2D eigenvalue weighted by Gasteiger charge is 2.21. The smallest absolute Gasteiger partial charge is 0.147 e. The third-order valence-electron chi connectivity index (χ3n) is 3.98. The van der Waals surface area contributed by atoms with Gasteiger partial charge < -0.3 is 10.3 Å². The van der Waals surface area contributed by atoms with Crippen molar-refractivity contribution in [3.05, 3.63) is 35.3 Å². The van der Waals surface area contributed by atoms with Gasteiger partial charge in [-0.05, 0) is 37.4 Å². The minimum Gasteiger partial charge on any atom is -0.355 e. The summed E-state index contributed by atoms with van der Waals surface area (Å²) in [6.45, 7) is 4.25. The van der Waals surface area contributed by atoms with Crippen molar-refractivity contribution in [3.63, 3.8) is 0 Å². The van der Waals surface area contributed by atoms with Gasteiger partial charge in [-0.3, -0.25) is 0 Å². The van der Waals surface area contributed by atoms with Crippen LogP contribution < -0.4 is 5.32 Å². The number of aryl methyl sites for hydroxylation is 1. The number of fused-ring (bicyclic) bond motifs is 1. The number of aromatic amines is 1. The average Bonchev–Trinajstić information content (AvgIpc) is 2.80. The van der Waals surface area contributed by atoms with Crippen LogP contribution in [-0.4, -0.2) is 18.1 Å². The van der Waals surface area contributed by atoms with E-state index in [0.29, 0.717) is 11.4 Å². The molecule has 1 fully saturated rings. The number of nitrogens with one attached hydrogen (secondary N) is 2. The Hall–Kier alpha value is -1.35. The number of halogens is 1. The van der Waals surface area contributed by atoms with Gasteiger partial charge in [-0.2, -0.15) is 0 Å². The molecule has 1 atom stereocenters. The summed E-state index contributed by atoms with van der Waals surface area (Å²) in [5, 5.41) is 4.48. The van der Waals surface area contributed by atoms with Gasteiger partial charge in [0.05, 0.1) is 5.52 Å². The Morgan fingerprint density at radius 1 is 1.39 bits per heavy atom. The van der Waals surface area contributed by atoms with E-state index in [1.165, 1.54) is 30.2 Å². The molecule has 3 heteroatoms. The summed E-state index contributed by atoms with van der Waals surface area (Å²) in [4.78, 5) is 3.34. The molecule has 1 unspecified atom stereocenters. The lowest BCUT2D eigenvalue weighted by Gasteiger charge is -2.23. The van der Waals surface area contributed by atoms with Gasteiger partial charge in [-0.1, -0.05) is 19.1 Å². The van der Waals surface area contributed by atoms with Gasteiger partial charge in [-0.25, -0.2) is 4.39 Å². The quantitative estimate of drug-likeness (QED) is 0.835. The highest BCUT2D eigenvalue weighted by molar-refractivity contribution is 5.85. The Bertz CT molecular complexity index is 553. The molecule has 2 aromatic rings. The molecule has 2 N–H and O–H groups in total. The zero-order valence-corrected chi connectivity index (χ0v) is 10.7. The van der Waals surface area contributed by atoms with Crippen LogP contribution in [0.1, 0.15) is 36.9 Å². The molecular weight excluding hydrogens is 227 g/mol. The Balaban J connectivity index is 2.13. The minimum absolute atomic E-state index is 0.141. The second-order valence-corrected chi connectivity index (χ2v) is 5.08. The topological polar surface area (TPSA) is 27.8 Å². The first-order valence-electron chi connectivity index (χ1n) is 6.81. The molecule has 1 aliphatic rings. The van der Waals surface area contributed by atoms with Crippen LogP contribution in [0.4, 0.5) is 4.39 Å². The van der Waals surface area contributed by atoms with Gasteiger partial charge in [-0.15, -0.1) is 0 Å². The van der Waals surface area contributed by atoms with E-state index in [4.69, 9.17) is 0 Å². The van der Waals surface area contributed by atoms with E-state index in [1.54, 1.807) is 6.07 Å². The largest absolute Gasteiger partial charge is 0.355 e. The number of benzene rings is 1. The van der Waals surface area contributed by atoms with Crippen LogP contribution in [0.5, 0.6) is 0 Å². The molecule has 0 radical (unpaired) electrons. The monoisotopic (exact) mass is 246 g/mol. The summed E-state index contributed by atoms with van der Waals surface area (Å²) >= 11 is 0.